The summed E-state index contributed by atoms with van der Waals surface area (Å²) in [5.74, 6) is -1.60. The van der Waals surface area contributed by atoms with Crippen LogP contribution in [0, 0.1) is 11.6 Å². The summed E-state index contributed by atoms with van der Waals surface area (Å²) in [5, 5.41) is 18.1. The van der Waals surface area contributed by atoms with Crippen molar-refractivity contribution in [1.29, 1.82) is 0 Å². The van der Waals surface area contributed by atoms with Gasteiger partial charge >= 0.3 is 0 Å². The number of benzene rings is 3. The number of nitrogens with one attached hydrogen (secondary N) is 2. The molecule has 5 nitrogen and oxygen atoms in total. The highest BCUT2D eigenvalue weighted by Crippen LogP contribution is 2.22. The van der Waals surface area contributed by atoms with E-state index in [4.69, 9.17) is 0 Å². The number of halogens is 2. The number of para-hydroxylation sites is 1. The first-order chi connectivity index (χ1) is 18.4. The molecule has 3 aromatic carbocycles. The predicted molar refractivity (Wildman–Crippen MR) is 148 cm³/mol. The van der Waals surface area contributed by atoms with Crippen LogP contribution in [0.4, 0.5) is 8.78 Å². The first-order valence-corrected chi connectivity index (χ1v) is 13.8. The van der Waals surface area contributed by atoms with Crippen molar-refractivity contribution in [2.24, 2.45) is 0 Å². The summed E-state index contributed by atoms with van der Waals surface area (Å²) < 4.78 is 28.7. The number of thiazole rings is 1. The molecule has 8 heteroatoms. The fourth-order valence-electron chi connectivity index (χ4n) is 4.44. The zero-order valence-electron chi connectivity index (χ0n) is 21.4. The average molecular weight is 538 g/mol. The number of hydrogen-bond acceptors (Lipinski definition) is 5. The molecule has 0 radical (unpaired) electrons. The lowest BCUT2D eigenvalue weighted by Gasteiger charge is -2.25. The number of hydrogen-bond donors (Lipinski definition) is 3. The zero-order chi connectivity index (χ0) is 26.9. The van der Waals surface area contributed by atoms with Gasteiger partial charge < -0.3 is 15.7 Å². The van der Waals surface area contributed by atoms with Crippen LogP contribution < -0.4 is 10.6 Å². The molecule has 1 heterocycles. The van der Waals surface area contributed by atoms with E-state index in [1.807, 2.05) is 36.4 Å². The van der Waals surface area contributed by atoms with Crippen molar-refractivity contribution in [3.63, 3.8) is 0 Å². The van der Waals surface area contributed by atoms with Crippen molar-refractivity contribution < 1.29 is 18.7 Å². The van der Waals surface area contributed by atoms with Crippen LogP contribution >= 0.6 is 11.3 Å². The molecule has 2 atom stereocenters. The van der Waals surface area contributed by atoms with E-state index >= 15 is 0 Å². The topological polar surface area (TPSA) is 74.2 Å². The van der Waals surface area contributed by atoms with Crippen molar-refractivity contribution in [2.45, 2.75) is 57.7 Å². The molecule has 0 aliphatic carbocycles. The first-order valence-electron chi connectivity index (χ1n) is 12.9. The van der Waals surface area contributed by atoms with Crippen LogP contribution in [0.2, 0.25) is 0 Å². The van der Waals surface area contributed by atoms with E-state index in [9.17, 15) is 18.7 Å². The van der Waals surface area contributed by atoms with Gasteiger partial charge in [0.15, 0.2) is 0 Å². The molecule has 4 rings (SSSR count). The van der Waals surface area contributed by atoms with Gasteiger partial charge in [-0.25, -0.2) is 13.8 Å². The second-order valence-corrected chi connectivity index (χ2v) is 10.6. The Labute approximate surface area is 225 Å². The summed E-state index contributed by atoms with van der Waals surface area (Å²) in [6.07, 6.45) is 1.63. The molecule has 0 spiro atoms. The third kappa shape index (κ3) is 8.15. The summed E-state index contributed by atoms with van der Waals surface area (Å²) >= 11 is 1.62. The smallest absolute Gasteiger partial charge is 0.220 e. The molecular weight excluding hydrogens is 504 g/mol. The number of nitrogens with zero attached hydrogens (tertiary/aromatic N) is 1. The lowest BCUT2D eigenvalue weighted by Crippen LogP contribution is -2.48. The van der Waals surface area contributed by atoms with Crippen molar-refractivity contribution in [3.8, 4) is 0 Å². The summed E-state index contributed by atoms with van der Waals surface area (Å²) in [5.41, 5.74) is 3.65. The van der Waals surface area contributed by atoms with Gasteiger partial charge in [-0.15, -0.1) is 11.3 Å². The number of rotatable bonds is 13. The van der Waals surface area contributed by atoms with Crippen LogP contribution in [0.15, 0.2) is 66.7 Å². The highest BCUT2D eigenvalue weighted by atomic mass is 32.1. The Balaban J connectivity index is 1.34. The Kier molecular flexibility index (Phi) is 9.92. The van der Waals surface area contributed by atoms with E-state index in [-0.39, 0.29) is 25.3 Å². The van der Waals surface area contributed by atoms with Gasteiger partial charge in [0.2, 0.25) is 5.91 Å². The van der Waals surface area contributed by atoms with E-state index in [0.717, 1.165) is 33.3 Å². The van der Waals surface area contributed by atoms with Crippen LogP contribution in [0.5, 0.6) is 0 Å². The molecule has 4 aromatic rings. The molecule has 3 N–H and O–H groups in total. The van der Waals surface area contributed by atoms with Gasteiger partial charge in [0.25, 0.3) is 0 Å². The van der Waals surface area contributed by atoms with E-state index in [1.54, 1.807) is 11.3 Å². The summed E-state index contributed by atoms with van der Waals surface area (Å²) in [7, 11) is 0. The molecule has 38 heavy (non-hydrogen) atoms. The molecule has 1 aromatic heterocycles. The van der Waals surface area contributed by atoms with Crippen LogP contribution in [-0.2, 0) is 30.6 Å². The number of amides is 1. The SMILES string of the molecule is CCc1cccc(CNC[C@H](O)[C@H](Cc2cc(F)cc(F)c2)NC(=O)CCCc2nc3ccccc3s2)c1. The standard InChI is InChI=1S/C30H33F2N3O2S/c1-2-20-7-5-8-21(13-20)18-33-19-27(36)26(16-22-14-23(31)17-24(32)15-22)34-29(37)11-6-12-30-35-25-9-3-4-10-28(25)38-30/h3-5,7-10,13-15,17,26-27,33,36H,2,6,11-12,16,18-19H2,1H3,(H,34,37)/t26-,27-/m0/s1. The monoisotopic (exact) mass is 537 g/mol. The molecule has 0 saturated heterocycles. The van der Waals surface area contributed by atoms with Gasteiger partial charge in [-0.1, -0.05) is 43.3 Å². The fourth-order valence-corrected chi connectivity index (χ4v) is 5.45. The normalized spacial score (nSPS) is 12.9. The highest BCUT2D eigenvalue weighted by molar-refractivity contribution is 7.18. The minimum absolute atomic E-state index is 0.104. The quantitative estimate of drug-likeness (QED) is 0.215. The van der Waals surface area contributed by atoms with Crippen LogP contribution in [-0.4, -0.2) is 34.7 Å². The number of aliphatic hydroxyl groups excluding tert-OH is 1. The second-order valence-electron chi connectivity index (χ2n) is 9.46. The summed E-state index contributed by atoms with van der Waals surface area (Å²) in [6.45, 7) is 2.87. The maximum absolute atomic E-state index is 13.8. The Hall–Kier alpha value is -3.20. The van der Waals surface area contributed by atoms with Crippen molar-refractivity contribution in [2.75, 3.05) is 6.54 Å². The Morgan fingerprint density at radius 2 is 1.76 bits per heavy atom. The number of fused-ring (bicyclic) bond motifs is 1. The zero-order valence-corrected chi connectivity index (χ0v) is 22.2. The van der Waals surface area contributed by atoms with Gasteiger partial charge in [0.05, 0.1) is 27.4 Å². The lowest BCUT2D eigenvalue weighted by atomic mass is 10.00. The summed E-state index contributed by atoms with van der Waals surface area (Å²) in [6, 6.07) is 18.7. The maximum atomic E-state index is 13.8. The third-order valence-corrected chi connectivity index (χ3v) is 7.50. The molecule has 0 bridgehead atoms. The molecular formula is C30H33F2N3O2S. The molecule has 0 aliphatic rings. The van der Waals surface area contributed by atoms with Gasteiger partial charge in [0, 0.05) is 25.6 Å². The number of aliphatic hydroxyl groups is 1. The largest absolute Gasteiger partial charge is 0.390 e. The Morgan fingerprint density at radius 3 is 2.53 bits per heavy atom. The van der Waals surface area contributed by atoms with Gasteiger partial charge in [-0.05, 0) is 66.6 Å². The average Bonchev–Trinajstić information content (AvgIpc) is 3.30. The fraction of sp³-hybridized carbons (Fsp3) is 0.333. The van der Waals surface area contributed by atoms with E-state index in [2.05, 4.69) is 34.7 Å². The van der Waals surface area contributed by atoms with Gasteiger partial charge in [-0.3, -0.25) is 4.79 Å². The number of aromatic nitrogens is 1. The summed E-state index contributed by atoms with van der Waals surface area (Å²) in [4.78, 5) is 17.4. The minimum atomic E-state index is -0.955. The number of carbonyl (C=O) groups excluding carboxylic acids is 1. The molecule has 0 unspecified atom stereocenters. The maximum Gasteiger partial charge on any atom is 0.220 e. The third-order valence-electron chi connectivity index (χ3n) is 6.40. The first kappa shape index (κ1) is 27.8. The van der Waals surface area contributed by atoms with Gasteiger partial charge in [0.1, 0.15) is 11.6 Å². The molecule has 200 valence electrons. The van der Waals surface area contributed by atoms with Gasteiger partial charge in [-0.2, -0.15) is 0 Å². The number of carbonyl (C=O) groups is 1. The van der Waals surface area contributed by atoms with Crippen LogP contribution in [0.1, 0.15) is 41.5 Å². The van der Waals surface area contributed by atoms with Crippen LogP contribution in [0.25, 0.3) is 10.2 Å². The Bertz CT molecular complexity index is 1310. The number of aryl methyl sites for hydroxylation is 2. The van der Waals surface area contributed by atoms with Crippen molar-refractivity contribution in [1.82, 2.24) is 15.6 Å². The van der Waals surface area contributed by atoms with E-state index < -0.39 is 23.8 Å². The molecule has 0 aliphatic heterocycles. The minimum Gasteiger partial charge on any atom is -0.390 e. The molecule has 0 saturated carbocycles. The molecule has 1 amide bonds. The van der Waals surface area contributed by atoms with Crippen molar-refractivity contribution >= 4 is 27.5 Å². The van der Waals surface area contributed by atoms with E-state index in [0.29, 0.717) is 24.9 Å². The predicted octanol–water partition coefficient (Wildman–Crippen LogP) is 5.34. The van der Waals surface area contributed by atoms with Crippen molar-refractivity contribution in [3.05, 3.63) is 100 Å². The van der Waals surface area contributed by atoms with Crippen LogP contribution in [0.3, 0.4) is 0 Å². The second kappa shape index (κ2) is 13.6. The van der Waals surface area contributed by atoms with E-state index in [1.165, 1.54) is 17.7 Å². The molecule has 0 fully saturated rings. The highest BCUT2D eigenvalue weighted by Gasteiger charge is 2.22. The Morgan fingerprint density at radius 1 is 1.00 bits per heavy atom. The lowest BCUT2D eigenvalue weighted by molar-refractivity contribution is -0.122.